The van der Waals surface area contributed by atoms with E-state index in [1.807, 2.05) is 19.1 Å². The summed E-state index contributed by atoms with van der Waals surface area (Å²) in [6.07, 6.45) is 3.50. The number of rotatable bonds is 11. The number of carbonyl (C=O) groups is 1. The zero-order chi connectivity index (χ0) is 18.6. The Morgan fingerprint density at radius 2 is 1.58 bits per heavy atom. The van der Waals surface area contributed by atoms with Crippen molar-refractivity contribution < 1.29 is 9.53 Å². The summed E-state index contributed by atoms with van der Waals surface area (Å²) in [5, 5.41) is 0. The van der Waals surface area contributed by atoms with E-state index in [1.54, 1.807) is 0 Å². The third kappa shape index (κ3) is 7.01. The Bertz CT molecular complexity index is 627. The van der Waals surface area contributed by atoms with Gasteiger partial charge in [-0.05, 0) is 30.9 Å². The van der Waals surface area contributed by atoms with Gasteiger partial charge >= 0.3 is 5.97 Å². The molecule has 0 aliphatic heterocycles. The van der Waals surface area contributed by atoms with Crippen LogP contribution in [0.5, 0.6) is 0 Å². The van der Waals surface area contributed by atoms with E-state index >= 15 is 0 Å². The SMILES string of the molecule is CCC[C@@H](CC(=O)OCC)N(CCc1ccccc1)Cc1ccccc1. The van der Waals surface area contributed by atoms with Crippen LogP contribution in [0.3, 0.4) is 0 Å². The summed E-state index contributed by atoms with van der Waals surface area (Å²) in [4.78, 5) is 14.6. The highest BCUT2D eigenvalue weighted by Crippen LogP contribution is 2.17. The Morgan fingerprint density at radius 1 is 0.962 bits per heavy atom. The van der Waals surface area contributed by atoms with Crippen LogP contribution in [0.1, 0.15) is 44.2 Å². The van der Waals surface area contributed by atoms with E-state index < -0.39 is 0 Å². The molecule has 3 heteroatoms. The Hall–Kier alpha value is -2.13. The molecule has 1 atom stereocenters. The van der Waals surface area contributed by atoms with E-state index in [0.29, 0.717) is 13.0 Å². The number of hydrogen-bond donors (Lipinski definition) is 0. The van der Waals surface area contributed by atoms with Gasteiger partial charge in [-0.15, -0.1) is 0 Å². The third-order valence-corrected chi connectivity index (χ3v) is 4.60. The summed E-state index contributed by atoms with van der Waals surface area (Å²) in [5.74, 6) is -0.0938. The molecule has 0 saturated heterocycles. The molecular formula is C23H31NO2. The fraction of sp³-hybridized carbons (Fsp3) is 0.435. The van der Waals surface area contributed by atoms with Crippen LogP contribution in [0.4, 0.5) is 0 Å². The first-order chi connectivity index (χ1) is 12.7. The highest BCUT2D eigenvalue weighted by molar-refractivity contribution is 5.70. The van der Waals surface area contributed by atoms with Crippen LogP contribution in [-0.2, 0) is 22.5 Å². The zero-order valence-electron chi connectivity index (χ0n) is 16.1. The third-order valence-electron chi connectivity index (χ3n) is 4.60. The van der Waals surface area contributed by atoms with Gasteiger partial charge in [0.25, 0.3) is 0 Å². The maximum absolute atomic E-state index is 12.1. The lowest BCUT2D eigenvalue weighted by atomic mass is 10.0. The smallest absolute Gasteiger partial charge is 0.307 e. The molecule has 3 nitrogen and oxygen atoms in total. The predicted octanol–water partition coefficient (Wildman–Crippen LogP) is 4.85. The molecule has 2 aromatic carbocycles. The van der Waals surface area contributed by atoms with Crippen molar-refractivity contribution >= 4 is 5.97 Å². The molecule has 0 radical (unpaired) electrons. The molecule has 0 aliphatic rings. The molecule has 0 aromatic heterocycles. The van der Waals surface area contributed by atoms with Gasteiger partial charge in [0.05, 0.1) is 13.0 Å². The first kappa shape index (κ1) is 20.2. The van der Waals surface area contributed by atoms with E-state index in [0.717, 1.165) is 32.4 Å². The van der Waals surface area contributed by atoms with Gasteiger partial charge in [0.2, 0.25) is 0 Å². The van der Waals surface area contributed by atoms with Gasteiger partial charge in [-0.3, -0.25) is 9.69 Å². The minimum Gasteiger partial charge on any atom is -0.466 e. The molecule has 26 heavy (non-hydrogen) atoms. The maximum Gasteiger partial charge on any atom is 0.307 e. The molecule has 0 unspecified atom stereocenters. The number of hydrogen-bond acceptors (Lipinski definition) is 3. The van der Waals surface area contributed by atoms with Crippen LogP contribution in [0.2, 0.25) is 0 Å². The van der Waals surface area contributed by atoms with E-state index in [2.05, 4.69) is 60.4 Å². The average molecular weight is 354 g/mol. The lowest BCUT2D eigenvalue weighted by molar-refractivity contribution is -0.144. The summed E-state index contributed by atoms with van der Waals surface area (Å²) in [6, 6.07) is 21.3. The Labute approximate surface area is 158 Å². The normalized spacial score (nSPS) is 12.1. The van der Waals surface area contributed by atoms with E-state index in [4.69, 9.17) is 4.74 Å². The fourth-order valence-corrected chi connectivity index (χ4v) is 3.29. The van der Waals surface area contributed by atoms with Gasteiger partial charge in [0, 0.05) is 19.1 Å². The Morgan fingerprint density at radius 3 is 2.15 bits per heavy atom. The van der Waals surface area contributed by atoms with Gasteiger partial charge in [-0.2, -0.15) is 0 Å². The molecule has 0 heterocycles. The van der Waals surface area contributed by atoms with Crippen molar-refractivity contribution in [2.24, 2.45) is 0 Å². The van der Waals surface area contributed by atoms with Crippen LogP contribution in [-0.4, -0.2) is 30.1 Å². The van der Waals surface area contributed by atoms with E-state index in [1.165, 1.54) is 11.1 Å². The first-order valence-corrected chi connectivity index (χ1v) is 9.70. The van der Waals surface area contributed by atoms with Crippen LogP contribution in [0, 0.1) is 0 Å². The standard InChI is InChI=1S/C23H31NO2/c1-3-11-22(18-23(25)26-4-2)24(19-21-14-9-6-10-15-21)17-16-20-12-7-5-8-13-20/h5-10,12-15,22H,3-4,11,16-19H2,1-2H3/t22-/m0/s1. The maximum atomic E-state index is 12.1. The number of benzene rings is 2. The summed E-state index contributed by atoms with van der Waals surface area (Å²) >= 11 is 0. The molecule has 0 saturated carbocycles. The lowest BCUT2D eigenvalue weighted by Gasteiger charge is -2.31. The fourth-order valence-electron chi connectivity index (χ4n) is 3.29. The molecule has 0 aliphatic carbocycles. The van der Waals surface area contributed by atoms with Crippen molar-refractivity contribution in [3.8, 4) is 0 Å². The van der Waals surface area contributed by atoms with Crippen molar-refractivity contribution in [2.45, 2.75) is 52.1 Å². The van der Waals surface area contributed by atoms with Crippen molar-refractivity contribution in [2.75, 3.05) is 13.2 Å². The van der Waals surface area contributed by atoms with E-state index in [9.17, 15) is 4.79 Å². The van der Waals surface area contributed by atoms with Gasteiger partial charge in [0.1, 0.15) is 0 Å². The van der Waals surface area contributed by atoms with Gasteiger partial charge < -0.3 is 4.74 Å². The second kappa shape index (κ2) is 11.5. The van der Waals surface area contributed by atoms with Crippen LogP contribution >= 0.6 is 0 Å². The Kier molecular flexibility index (Phi) is 8.91. The molecule has 2 aromatic rings. The quantitative estimate of drug-likeness (QED) is 0.541. The van der Waals surface area contributed by atoms with Crippen LogP contribution in [0.15, 0.2) is 60.7 Å². The summed E-state index contributed by atoms with van der Waals surface area (Å²) < 4.78 is 5.22. The summed E-state index contributed by atoms with van der Waals surface area (Å²) in [7, 11) is 0. The molecule has 2 rings (SSSR count). The number of nitrogens with zero attached hydrogens (tertiary/aromatic N) is 1. The van der Waals surface area contributed by atoms with Gasteiger partial charge in [-0.25, -0.2) is 0 Å². The van der Waals surface area contributed by atoms with Gasteiger partial charge in [-0.1, -0.05) is 74.0 Å². The predicted molar refractivity (Wildman–Crippen MR) is 107 cm³/mol. The van der Waals surface area contributed by atoms with Crippen LogP contribution < -0.4 is 0 Å². The van der Waals surface area contributed by atoms with Crippen molar-refractivity contribution in [1.29, 1.82) is 0 Å². The van der Waals surface area contributed by atoms with Crippen molar-refractivity contribution in [1.82, 2.24) is 4.90 Å². The number of esters is 1. The second-order valence-corrected chi connectivity index (χ2v) is 6.64. The monoisotopic (exact) mass is 353 g/mol. The highest BCUT2D eigenvalue weighted by atomic mass is 16.5. The Balaban J connectivity index is 2.11. The average Bonchev–Trinajstić information content (AvgIpc) is 2.66. The molecular weight excluding hydrogens is 322 g/mol. The van der Waals surface area contributed by atoms with Gasteiger partial charge in [0.15, 0.2) is 0 Å². The molecule has 0 N–H and O–H groups in total. The molecule has 0 amide bonds. The molecule has 0 spiro atoms. The number of carbonyl (C=O) groups excluding carboxylic acids is 1. The second-order valence-electron chi connectivity index (χ2n) is 6.64. The molecule has 0 bridgehead atoms. The topological polar surface area (TPSA) is 29.5 Å². The number of ether oxygens (including phenoxy) is 1. The summed E-state index contributed by atoms with van der Waals surface area (Å²) in [5.41, 5.74) is 2.61. The largest absolute Gasteiger partial charge is 0.466 e. The zero-order valence-corrected chi connectivity index (χ0v) is 16.1. The molecule has 0 fully saturated rings. The minimum atomic E-state index is -0.0938. The first-order valence-electron chi connectivity index (χ1n) is 9.70. The lowest BCUT2D eigenvalue weighted by Crippen LogP contribution is -2.38. The van der Waals surface area contributed by atoms with E-state index in [-0.39, 0.29) is 12.0 Å². The van der Waals surface area contributed by atoms with Crippen LogP contribution in [0.25, 0.3) is 0 Å². The van der Waals surface area contributed by atoms with Crippen molar-refractivity contribution in [3.05, 3.63) is 71.8 Å². The van der Waals surface area contributed by atoms with Crippen molar-refractivity contribution in [3.63, 3.8) is 0 Å². The highest BCUT2D eigenvalue weighted by Gasteiger charge is 2.22. The molecule has 140 valence electrons. The summed E-state index contributed by atoms with van der Waals surface area (Å²) in [6.45, 7) is 6.28. The minimum absolute atomic E-state index is 0.0938.